The predicted octanol–water partition coefficient (Wildman–Crippen LogP) is 4.12. The summed E-state index contributed by atoms with van der Waals surface area (Å²) >= 11 is 0. The van der Waals surface area contributed by atoms with E-state index in [0.29, 0.717) is 34.0 Å². The lowest BCUT2D eigenvalue weighted by Gasteiger charge is -2.13. The fraction of sp³-hybridized carbons (Fsp3) is 0.167. The second-order valence-corrected chi connectivity index (χ2v) is 8.11. The molecular weight excluding hydrogens is 420 g/mol. The largest absolute Gasteiger partial charge is 0.441 e. The van der Waals surface area contributed by atoms with Crippen molar-refractivity contribution in [1.29, 1.82) is 0 Å². The Morgan fingerprint density at radius 2 is 1.91 bits per heavy atom. The van der Waals surface area contributed by atoms with E-state index in [-0.39, 0.29) is 11.5 Å². The van der Waals surface area contributed by atoms with E-state index in [4.69, 9.17) is 4.42 Å². The molecule has 0 aliphatic heterocycles. The second kappa shape index (κ2) is 7.63. The van der Waals surface area contributed by atoms with E-state index in [0.717, 1.165) is 27.9 Å². The summed E-state index contributed by atoms with van der Waals surface area (Å²) in [6.07, 6.45) is 1.76. The number of aromatic nitrogens is 4. The third kappa shape index (κ3) is 3.63. The molecular formula is C24H22N6O3. The standard InChI is InChI=1S/C24H22N6O3/c1-12-9-15(23(32)30(3)4)6-7-17(12)27-24-28-21-20(22(31)29-24)16(11-25-21)14-5-8-18-19(10-14)33-13(2)26-18/h5-11H,1-4H3,(H3,25,27,28,29,31). The predicted molar refractivity (Wildman–Crippen MR) is 127 cm³/mol. The third-order valence-electron chi connectivity index (χ3n) is 5.48. The van der Waals surface area contributed by atoms with Crippen LogP contribution in [0.3, 0.4) is 0 Å². The van der Waals surface area contributed by atoms with E-state index in [1.807, 2.05) is 25.1 Å². The Hall–Kier alpha value is -4.40. The van der Waals surface area contributed by atoms with Crippen LogP contribution < -0.4 is 10.9 Å². The minimum absolute atomic E-state index is 0.0739. The van der Waals surface area contributed by atoms with Gasteiger partial charge in [-0.1, -0.05) is 6.07 Å². The Bertz CT molecular complexity index is 1590. The minimum atomic E-state index is -0.273. The zero-order chi connectivity index (χ0) is 23.3. The Labute approximate surface area is 188 Å². The van der Waals surface area contributed by atoms with Gasteiger partial charge in [-0.3, -0.25) is 14.6 Å². The summed E-state index contributed by atoms with van der Waals surface area (Å²) < 4.78 is 5.63. The first kappa shape index (κ1) is 20.5. The molecule has 0 spiro atoms. The molecule has 0 bridgehead atoms. The van der Waals surface area contributed by atoms with Crippen LogP contribution in [0.4, 0.5) is 11.6 Å². The molecule has 9 heteroatoms. The first-order valence-electron chi connectivity index (χ1n) is 10.4. The zero-order valence-corrected chi connectivity index (χ0v) is 18.6. The molecule has 2 aromatic carbocycles. The second-order valence-electron chi connectivity index (χ2n) is 8.11. The monoisotopic (exact) mass is 442 g/mol. The van der Waals surface area contributed by atoms with Crippen molar-refractivity contribution in [3.05, 3.63) is 70.0 Å². The molecule has 0 aliphatic carbocycles. The van der Waals surface area contributed by atoms with Crippen molar-refractivity contribution in [3.63, 3.8) is 0 Å². The normalized spacial score (nSPS) is 11.3. The first-order valence-corrected chi connectivity index (χ1v) is 10.4. The van der Waals surface area contributed by atoms with Crippen LogP contribution in [-0.4, -0.2) is 44.8 Å². The van der Waals surface area contributed by atoms with Gasteiger partial charge in [0.2, 0.25) is 5.95 Å². The maximum Gasteiger partial charge on any atom is 0.262 e. The highest BCUT2D eigenvalue weighted by Crippen LogP contribution is 2.29. The smallest absolute Gasteiger partial charge is 0.262 e. The van der Waals surface area contributed by atoms with Crippen LogP contribution in [-0.2, 0) is 0 Å². The number of H-pyrrole nitrogens is 2. The van der Waals surface area contributed by atoms with Gasteiger partial charge in [-0.15, -0.1) is 0 Å². The topological polar surface area (TPSA) is 120 Å². The van der Waals surface area contributed by atoms with Crippen molar-refractivity contribution < 1.29 is 9.21 Å². The molecule has 3 heterocycles. The van der Waals surface area contributed by atoms with Crippen LogP contribution in [0.25, 0.3) is 33.3 Å². The van der Waals surface area contributed by atoms with Crippen molar-refractivity contribution in [2.45, 2.75) is 13.8 Å². The van der Waals surface area contributed by atoms with Crippen LogP contribution in [0, 0.1) is 13.8 Å². The number of anilines is 2. The van der Waals surface area contributed by atoms with Gasteiger partial charge >= 0.3 is 0 Å². The minimum Gasteiger partial charge on any atom is -0.441 e. The molecule has 5 rings (SSSR count). The van der Waals surface area contributed by atoms with Crippen molar-refractivity contribution in [2.75, 3.05) is 19.4 Å². The van der Waals surface area contributed by atoms with E-state index in [1.165, 1.54) is 4.90 Å². The van der Waals surface area contributed by atoms with Crippen LogP contribution in [0.1, 0.15) is 21.8 Å². The average molecular weight is 442 g/mol. The Morgan fingerprint density at radius 3 is 2.67 bits per heavy atom. The third-order valence-corrected chi connectivity index (χ3v) is 5.48. The van der Waals surface area contributed by atoms with Gasteiger partial charge in [0.05, 0.1) is 5.39 Å². The number of hydrogen-bond donors (Lipinski definition) is 3. The highest BCUT2D eigenvalue weighted by atomic mass is 16.3. The number of fused-ring (bicyclic) bond motifs is 2. The maximum absolute atomic E-state index is 13.0. The summed E-state index contributed by atoms with van der Waals surface area (Å²) in [5, 5.41) is 3.60. The quantitative estimate of drug-likeness (QED) is 0.385. The summed E-state index contributed by atoms with van der Waals surface area (Å²) in [5.41, 5.74) is 5.36. The SMILES string of the molecule is Cc1nc2ccc(-c3c[nH]c4nc(Nc5ccc(C(=O)N(C)C)cc5C)[nH]c(=O)c34)cc2o1. The van der Waals surface area contributed by atoms with E-state index >= 15 is 0 Å². The number of carbonyl (C=O) groups is 1. The number of benzene rings is 2. The Kier molecular flexibility index (Phi) is 4.74. The molecule has 0 aliphatic rings. The van der Waals surface area contributed by atoms with Crippen LogP contribution >= 0.6 is 0 Å². The number of amides is 1. The van der Waals surface area contributed by atoms with E-state index in [1.54, 1.807) is 45.4 Å². The summed E-state index contributed by atoms with van der Waals surface area (Å²) in [5.74, 6) is 0.818. The van der Waals surface area contributed by atoms with Gasteiger partial charge < -0.3 is 19.6 Å². The highest BCUT2D eigenvalue weighted by Gasteiger charge is 2.15. The highest BCUT2D eigenvalue weighted by molar-refractivity contribution is 5.96. The summed E-state index contributed by atoms with van der Waals surface area (Å²) in [7, 11) is 3.42. The molecule has 1 amide bonds. The molecule has 0 unspecified atom stereocenters. The maximum atomic E-state index is 13.0. The lowest BCUT2D eigenvalue weighted by molar-refractivity contribution is 0.0827. The fourth-order valence-corrected chi connectivity index (χ4v) is 3.86. The lowest BCUT2D eigenvalue weighted by Crippen LogP contribution is -2.21. The molecule has 3 N–H and O–H groups in total. The number of nitrogens with one attached hydrogen (secondary N) is 3. The van der Waals surface area contributed by atoms with Gasteiger partial charge in [0.1, 0.15) is 11.2 Å². The number of carbonyl (C=O) groups excluding carboxylic acids is 1. The van der Waals surface area contributed by atoms with Crippen molar-refractivity contribution in [1.82, 2.24) is 24.8 Å². The molecule has 5 aromatic rings. The fourth-order valence-electron chi connectivity index (χ4n) is 3.86. The Morgan fingerprint density at radius 1 is 1.09 bits per heavy atom. The molecule has 0 radical (unpaired) electrons. The van der Waals surface area contributed by atoms with Crippen molar-refractivity contribution in [2.24, 2.45) is 0 Å². The van der Waals surface area contributed by atoms with Gasteiger partial charge in [-0.05, 0) is 48.4 Å². The van der Waals surface area contributed by atoms with Gasteiger partial charge in [-0.25, -0.2) is 4.98 Å². The van der Waals surface area contributed by atoms with Crippen molar-refractivity contribution in [3.8, 4) is 11.1 Å². The molecule has 0 atom stereocenters. The first-order chi connectivity index (χ1) is 15.8. The summed E-state index contributed by atoms with van der Waals surface area (Å²) in [6.45, 7) is 3.68. The number of aromatic amines is 2. The molecule has 0 saturated carbocycles. The Balaban J connectivity index is 1.49. The summed E-state index contributed by atoms with van der Waals surface area (Å²) in [6, 6.07) is 11.0. The number of aryl methyl sites for hydroxylation is 2. The molecule has 0 fully saturated rings. The van der Waals surface area contributed by atoms with Gasteiger partial charge in [0, 0.05) is 44.0 Å². The number of oxazole rings is 1. The molecule has 9 nitrogen and oxygen atoms in total. The molecule has 3 aromatic heterocycles. The van der Waals surface area contributed by atoms with Crippen molar-refractivity contribution >= 4 is 39.7 Å². The lowest BCUT2D eigenvalue weighted by atomic mass is 10.1. The van der Waals surface area contributed by atoms with Gasteiger partial charge in [0.25, 0.3) is 11.5 Å². The molecule has 0 saturated heterocycles. The van der Waals surface area contributed by atoms with Crippen LogP contribution in [0.5, 0.6) is 0 Å². The average Bonchev–Trinajstić information content (AvgIpc) is 3.36. The van der Waals surface area contributed by atoms with Gasteiger partial charge in [0.15, 0.2) is 11.5 Å². The van der Waals surface area contributed by atoms with Gasteiger partial charge in [-0.2, -0.15) is 4.98 Å². The number of hydrogen-bond acceptors (Lipinski definition) is 6. The molecule has 33 heavy (non-hydrogen) atoms. The zero-order valence-electron chi connectivity index (χ0n) is 18.6. The summed E-state index contributed by atoms with van der Waals surface area (Å²) in [4.78, 5) is 41.4. The number of rotatable bonds is 4. The van der Waals surface area contributed by atoms with E-state index in [2.05, 4.69) is 25.3 Å². The number of nitrogens with zero attached hydrogens (tertiary/aromatic N) is 3. The van der Waals surface area contributed by atoms with Crippen LogP contribution in [0.15, 0.2) is 51.8 Å². The van der Waals surface area contributed by atoms with Crippen LogP contribution in [0.2, 0.25) is 0 Å². The van der Waals surface area contributed by atoms with E-state index in [9.17, 15) is 9.59 Å². The molecule has 166 valence electrons. The van der Waals surface area contributed by atoms with E-state index < -0.39 is 0 Å².